The van der Waals surface area contributed by atoms with E-state index in [2.05, 4.69) is 5.32 Å². The fourth-order valence-electron chi connectivity index (χ4n) is 1.06. The average Bonchev–Trinajstić information content (AvgIpc) is 2.25. The fraction of sp³-hybridized carbons (Fsp3) is 0.364. The second kappa shape index (κ2) is 6.03. The van der Waals surface area contributed by atoms with Crippen LogP contribution < -0.4 is 11.1 Å². The third kappa shape index (κ3) is 4.46. The maximum atomic E-state index is 11.1. The first-order valence-electron chi connectivity index (χ1n) is 4.88. The molecule has 0 spiro atoms. The quantitative estimate of drug-likeness (QED) is 0.781. The highest BCUT2D eigenvalue weighted by Crippen LogP contribution is 2.04. The van der Waals surface area contributed by atoms with Gasteiger partial charge in [0.15, 0.2) is 0 Å². The molecule has 1 aromatic carbocycles. The number of hydrogen-bond acceptors (Lipinski definition) is 3. The van der Waals surface area contributed by atoms with Gasteiger partial charge in [0.05, 0.1) is 0 Å². The number of aryl methyl sites for hydroxylation is 1. The Morgan fingerprint density at radius 3 is 2.67 bits per heavy atom. The van der Waals surface area contributed by atoms with Crippen molar-refractivity contribution in [1.29, 1.82) is 0 Å². The summed E-state index contributed by atoms with van der Waals surface area (Å²) in [7, 11) is 0. The molecule has 0 aliphatic carbocycles. The molecule has 0 saturated heterocycles. The van der Waals surface area contributed by atoms with Crippen molar-refractivity contribution < 1.29 is 9.53 Å². The topological polar surface area (TPSA) is 64.3 Å². The number of carbonyl (C=O) groups is 1. The molecule has 4 heteroatoms. The molecule has 3 N–H and O–H groups in total. The lowest BCUT2D eigenvalue weighted by atomic mass is 10.2. The number of ether oxygens (including phenoxy) is 1. The SMILES string of the molecule is Cc1ccc(COC(=O)NCCN)cc1. The standard InChI is InChI=1S/C11H16N2O2/c1-9-2-4-10(5-3-9)8-15-11(14)13-7-6-12/h2-5H,6-8,12H2,1H3,(H,13,14). The van der Waals surface area contributed by atoms with E-state index >= 15 is 0 Å². The molecule has 0 aliphatic rings. The zero-order chi connectivity index (χ0) is 11.1. The van der Waals surface area contributed by atoms with Crippen LogP contribution >= 0.6 is 0 Å². The van der Waals surface area contributed by atoms with Gasteiger partial charge in [-0.05, 0) is 12.5 Å². The van der Waals surface area contributed by atoms with Crippen molar-refractivity contribution in [3.8, 4) is 0 Å². The average molecular weight is 208 g/mol. The third-order valence-electron chi connectivity index (χ3n) is 1.90. The Kier molecular flexibility index (Phi) is 4.63. The Morgan fingerprint density at radius 1 is 1.40 bits per heavy atom. The molecule has 0 aromatic heterocycles. The van der Waals surface area contributed by atoms with E-state index in [4.69, 9.17) is 10.5 Å². The molecule has 4 nitrogen and oxygen atoms in total. The predicted octanol–water partition coefficient (Wildman–Crippen LogP) is 1.18. The number of benzene rings is 1. The van der Waals surface area contributed by atoms with E-state index in [0.29, 0.717) is 13.1 Å². The van der Waals surface area contributed by atoms with Crippen LogP contribution in [-0.4, -0.2) is 19.2 Å². The van der Waals surface area contributed by atoms with Gasteiger partial charge in [0.2, 0.25) is 0 Å². The molecule has 0 aliphatic heterocycles. The van der Waals surface area contributed by atoms with E-state index in [1.54, 1.807) is 0 Å². The lowest BCUT2D eigenvalue weighted by Gasteiger charge is -2.06. The van der Waals surface area contributed by atoms with Crippen molar-refractivity contribution in [1.82, 2.24) is 5.32 Å². The second-order valence-corrected chi connectivity index (χ2v) is 3.28. The molecule has 1 rings (SSSR count). The number of rotatable bonds is 4. The van der Waals surface area contributed by atoms with Crippen LogP contribution in [0.3, 0.4) is 0 Å². The Hall–Kier alpha value is -1.55. The molecule has 0 heterocycles. The normalized spacial score (nSPS) is 9.73. The van der Waals surface area contributed by atoms with E-state index in [1.807, 2.05) is 31.2 Å². The lowest BCUT2D eigenvalue weighted by molar-refractivity contribution is 0.140. The molecule has 0 unspecified atom stereocenters. The summed E-state index contributed by atoms with van der Waals surface area (Å²) in [6, 6.07) is 7.84. The molecule has 0 saturated carbocycles. The van der Waals surface area contributed by atoms with Gasteiger partial charge in [-0.2, -0.15) is 0 Å². The predicted molar refractivity (Wildman–Crippen MR) is 58.4 cm³/mol. The van der Waals surface area contributed by atoms with E-state index in [0.717, 1.165) is 5.56 Å². The van der Waals surface area contributed by atoms with Crippen LogP contribution in [-0.2, 0) is 11.3 Å². The highest BCUT2D eigenvalue weighted by atomic mass is 16.5. The first-order valence-corrected chi connectivity index (χ1v) is 4.88. The van der Waals surface area contributed by atoms with Crippen LogP contribution in [0, 0.1) is 6.92 Å². The highest BCUT2D eigenvalue weighted by Gasteiger charge is 2.00. The molecule has 0 bridgehead atoms. The van der Waals surface area contributed by atoms with Crippen LogP contribution in [0.5, 0.6) is 0 Å². The summed E-state index contributed by atoms with van der Waals surface area (Å²) in [5.74, 6) is 0. The monoisotopic (exact) mass is 208 g/mol. The number of carbonyl (C=O) groups excluding carboxylic acids is 1. The summed E-state index contributed by atoms with van der Waals surface area (Å²) in [6.07, 6.45) is -0.430. The van der Waals surface area contributed by atoms with Gasteiger partial charge in [-0.15, -0.1) is 0 Å². The van der Waals surface area contributed by atoms with E-state index in [1.165, 1.54) is 5.56 Å². The summed E-state index contributed by atoms with van der Waals surface area (Å²) in [4.78, 5) is 11.1. The minimum absolute atomic E-state index is 0.288. The van der Waals surface area contributed by atoms with Crippen molar-refractivity contribution in [3.63, 3.8) is 0 Å². The van der Waals surface area contributed by atoms with Crippen molar-refractivity contribution in [2.24, 2.45) is 5.73 Å². The molecule has 0 fully saturated rings. The van der Waals surface area contributed by atoms with Gasteiger partial charge in [-0.3, -0.25) is 0 Å². The van der Waals surface area contributed by atoms with Crippen LogP contribution in [0.4, 0.5) is 4.79 Å². The Morgan fingerprint density at radius 2 is 2.07 bits per heavy atom. The summed E-state index contributed by atoms with van der Waals surface area (Å²) < 4.78 is 4.96. The van der Waals surface area contributed by atoms with Gasteiger partial charge in [0.1, 0.15) is 6.61 Å². The van der Waals surface area contributed by atoms with Gasteiger partial charge in [0.25, 0.3) is 0 Å². The fourth-order valence-corrected chi connectivity index (χ4v) is 1.06. The van der Waals surface area contributed by atoms with Crippen molar-refractivity contribution in [2.45, 2.75) is 13.5 Å². The van der Waals surface area contributed by atoms with Gasteiger partial charge < -0.3 is 15.8 Å². The van der Waals surface area contributed by atoms with E-state index in [-0.39, 0.29) is 6.61 Å². The van der Waals surface area contributed by atoms with Crippen molar-refractivity contribution >= 4 is 6.09 Å². The van der Waals surface area contributed by atoms with Gasteiger partial charge in [0, 0.05) is 13.1 Å². The van der Waals surface area contributed by atoms with Crippen LogP contribution in [0.2, 0.25) is 0 Å². The second-order valence-electron chi connectivity index (χ2n) is 3.28. The minimum Gasteiger partial charge on any atom is -0.445 e. The van der Waals surface area contributed by atoms with Crippen LogP contribution in [0.15, 0.2) is 24.3 Å². The molecule has 1 amide bonds. The molecule has 15 heavy (non-hydrogen) atoms. The molecular formula is C11H16N2O2. The molecular weight excluding hydrogens is 192 g/mol. The summed E-state index contributed by atoms with van der Waals surface area (Å²) in [5, 5.41) is 2.53. The zero-order valence-corrected chi connectivity index (χ0v) is 8.82. The van der Waals surface area contributed by atoms with Crippen molar-refractivity contribution in [3.05, 3.63) is 35.4 Å². The smallest absolute Gasteiger partial charge is 0.407 e. The van der Waals surface area contributed by atoms with Crippen LogP contribution in [0.1, 0.15) is 11.1 Å². The highest BCUT2D eigenvalue weighted by molar-refractivity contribution is 5.67. The van der Waals surface area contributed by atoms with Gasteiger partial charge >= 0.3 is 6.09 Å². The van der Waals surface area contributed by atoms with Gasteiger partial charge in [-0.25, -0.2) is 4.79 Å². The first kappa shape index (κ1) is 11.5. The zero-order valence-electron chi connectivity index (χ0n) is 8.82. The third-order valence-corrected chi connectivity index (χ3v) is 1.90. The summed E-state index contributed by atoms with van der Waals surface area (Å²) in [5.41, 5.74) is 7.39. The summed E-state index contributed by atoms with van der Waals surface area (Å²) >= 11 is 0. The number of alkyl carbamates (subject to hydrolysis) is 1. The summed E-state index contributed by atoms with van der Waals surface area (Å²) in [6.45, 7) is 3.15. The van der Waals surface area contributed by atoms with E-state index in [9.17, 15) is 4.79 Å². The van der Waals surface area contributed by atoms with Crippen LogP contribution in [0.25, 0.3) is 0 Å². The minimum atomic E-state index is -0.430. The lowest BCUT2D eigenvalue weighted by Crippen LogP contribution is -2.29. The largest absolute Gasteiger partial charge is 0.445 e. The Labute approximate surface area is 89.4 Å². The first-order chi connectivity index (χ1) is 7.22. The molecule has 1 aromatic rings. The number of hydrogen-bond donors (Lipinski definition) is 2. The molecule has 82 valence electrons. The van der Waals surface area contributed by atoms with Crippen molar-refractivity contribution in [2.75, 3.05) is 13.1 Å². The number of nitrogens with one attached hydrogen (secondary N) is 1. The maximum absolute atomic E-state index is 11.1. The number of amides is 1. The number of nitrogens with two attached hydrogens (primary N) is 1. The molecule has 0 atom stereocenters. The van der Waals surface area contributed by atoms with Gasteiger partial charge in [-0.1, -0.05) is 29.8 Å². The Bertz CT molecular complexity index is 309. The van der Waals surface area contributed by atoms with E-state index < -0.39 is 6.09 Å². The molecule has 0 radical (unpaired) electrons. The maximum Gasteiger partial charge on any atom is 0.407 e. The Balaban J connectivity index is 2.30.